The van der Waals surface area contributed by atoms with Crippen LogP contribution >= 0.6 is 11.3 Å². The molecule has 8 nitrogen and oxygen atoms in total. The van der Waals surface area contributed by atoms with E-state index in [0.717, 1.165) is 0 Å². The number of nitrogens with one attached hydrogen (secondary N) is 2. The van der Waals surface area contributed by atoms with Gasteiger partial charge in [0.15, 0.2) is 11.7 Å². The Labute approximate surface area is 125 Å². The molecule has 0 saturated heterocycles. The molecule has 0 fully saturated rings. The van der Waals surface area contributed by atoms with E-state index in [0.29, 0.717) is 35.4 Å². The largest absolute Gasteiger partial charge is 0.458 e. The van der Waals surface area contributed by atoms with Crippen LogP contribution in [0.4, 0.5) is 9.93 Å². The first-order valence-electron chi connectivity index (χ1n) is 6.24. The van der Waals surface area contributed by atoms with E-state index in [9.17, 15) is 4.79 Å². The lowest BCUT2D eigenvalue weighted by Crippen LogP contribution is -2.34. The highest BCUT2D eigenvalue weighted by molar-refractivity contribution is 7.13. The summed E-state index contributed by atoms with van der Waals surface area (Å²) in [5.74, 6) is 1.19. The highest BCUT2D eigenvalue weighted by Gasteiger charge is 2.09. The minimum atomic E-state index is -0.237. The van der Waals surface area contributed by atoms with Crippen molar-refractivity contribution in [1.82, 2.24) is 15.6 Å². The highest BCUT2D eigenvalue weighted by atomic mass is 32.1. The van der Waals surface area contributed by atoms with E-state index in [-0.39, 0.29) is 12.0 Å². The standard InChI is InChI=1S/C12H16N6O2S/c1-2-15-11(19)16-5-7-3-4-9(20-7)8-6-21-12(17-8)18-10(13)14/h3-4,6H,2,5H2,1H3,(H2,15,16,19)(H4,13,14,17,18). The van der Waals surface area contributed by atoms with Gasteiger partial charge in [-0.25, -0.2) is 9.78 Å². The Morgan fingerprint density at radius 3 is 2.95 bits per heavy atom. The van der Waals surface area contributed by atoms with Gasteiger partial charge in [0.2, 0.25) is 5.13 Å². The lowest BCUT2D eigenvalue weighted by molar-refractivity contribution is 0.240. The van der Waals surface area contributed by atoms with Crippen LogP contribution < -0.4 is 22.1 Å². The van der Waals surface area contributed by atoms with Crippen molar-refractivity contribution >= 4 is 28.5 Å². The average molecular weight is 308 g/mol. The smallest absolute Gasteiger partial charge is 0.315 e. The van der Waals surface area contributed by atoms with Crippen LogP contribution in [-0.2, 0) is 6.54 Å². The fourth-order valence-electron chi connectivity index (χ4n) is 1.54. The number of carbonyl (C=O) groups is 1. The van der Waals surface area contributed by atoms with Gasteiger partial charge < -0.3 is 26.5 Å². The first-order chi connectivity index (χ1) is 10.1. The topological polar surface area (TPSA) is 132 Å². The van der Waals surface area contributed by atoms with E-state index in [1.54, 1.807) is 17.5 Å². The average Bonchev–Trinajstić information content (AvgIpc) is 3.04. The summed E-state index contributed by atoms with van der Waals surface area (Å²) in [5.41, 5.74) is 11.2. The molecule has 9 heteroatoms. The van der Waals surface area contributed by atoms with E-state index >= 15 is 0 Å². The lowest BCUT2D eigenvalue weighted by Gasteiger charge is -2.03. The fraction of sp³-hybridized carbons (Fsp3) is 0.250. The Kier molecular flexibility index (Phi) is 4.77. The number of hydrogen-bond acceptors (Lipinski definition) is 5. The van der Waals surface area contributed by atoms with Crippen LogP contribution in [0.25, 0.3) is 11.5 Å². The van der Waals surface area contributed by atoms with E-state index < -0.39 is 0 Å². The third-order valence-corrected chi connectivity index (χ3v) is 3.13. The number of nitrogens with zero attached hydrogens (tertiary/aromatic N) is 2. The number of hydrogen-bond donors (Lipinski definition) is 4. The van der Waals surface area contributed by atoms with Gasteiger partial charge in [0.25, 0.3) is 0 Å². The van der Waals surface area contributed by atoms with Gasteiger partial charge in [0, 0.05) is 11.9 Å². The summed E-state index contributed by atoms with van der Waals surface area (Å²) < 4.78 is 5.61. The lowest BCUT2D eigenvalue weighted by atomic mass is 10.3. The van der Waals surface area contributed by atoms with Gasteiger partial charge in [-0.15, -0.1) is 11.3 Å². The molecule has 0 aliphatic rings. The van der Waals surface area contributed by atoms with Crippen LogP contribution in [0.15, 0.2) is 26.9 Å². The zero-order valence-electron chi connectivity index (χ0n) is 11.4. The van der Waals surface area contributed by atoms with Crippen molar-refractivity contribution in [2.75, 3.05) is 6.54 Å². The van der Waals surface area contributed by atoms with Crippen molar-refractivity contribution < 1.29 is 9.21 Å². The zero-order valence-corrected chi connectivity index (χ0v) is 12.2. The van der Waals surface area contributed by atoms with Crippen LogP contribution in [-0.4, -0.2) is 23.5 Å². The maximum absolute atomic E-state index is 11.3. The zero-order chi connectivity index (χ0) is 15.2. The summed E-state index contributed by atoms with van der Waals surface area (Å²) in [5, 5.41) is 7.57. The van der Waals surface area contributed by atoms with Gasteiger partial charge >= 0.3 is 6.03 Å². The molecular formula is C12H16N6O2S. The molecule has 0 aromatic carbocycles. The second-order valence-electron chi connectivity index (χ2n) is 4.03. The maximum atomic E-state index is 11.3. The third-order valence-electron chi connectivity index (χ3n) is 2.39. The quantitative estimate of drug-likeness (QED) is 0.485. The third kappa shape index (κ3) is 4.21. The highest BCUT2D eigenvalue weighted by Crippen LogP contribution is 2.27. The molecule has 112 valence electrons. The van der Waals surface area contributed by atoms with Crippen molar-refractivity contribution in [3.8, 4) is 11.5 Å². The second-order valence-corrected chi connectivity index (χ2v) is 4.87. The number of amides is 2. The van der Waals surface area contributed by atoms with Gasteiger partial charge in [0.1, 0.15) is 11.5 Å². The summed E-state index contributed by atoms with van der Waals surface area (Å²) in [6.45, 7) is 2.72. The van der Waals surface area contributed by atoms with Crippen LogP contribution in [0.5, 0.6) is 0 Å². The molecule has 6 N–H and O–H groups in total. The Balaban J connectivity index is 2.01. The number of guanidine groups is 1. The minimum Gasteiger partial charge on any atom is -0.458 e. The maximum Gasteiger partial charge on any atom is 0.315 e. The summed E-state index contributed by atoms with van der Waals surface area (Å²) in [7, 11) is 0. The summed E-state index contributed by atoms with van der Waals surface area (Å²) in [6.07, 6.45) is 0. The molecule has 2 aromatic heterocycles. The molecule has 0 aliphatic heterocycles. The van der Waals surface area contributed by atoms with Crippen molar-refractivity contribution in [3.05, 3.63) is 23.3 Å². The first kappa shape index (κ1) is 14.9. The molecule has 2 heterocycles. The van der Waals surface area contributed by atoms with Crippen LogP contribution in [0.2, 0.25) is 0 Å². The molecule has 2 aromatic rings. The van der Waals surface area contributed by atoms with Gasteiger partial charge in [0.05, 0.1) is 6.54 Å². The Morgan fingerprint density at radius 2 is 2.24 bits per heavy atom. The molecule has 2 rings (SSSR count). The van der Waals surface area contributed by atoms with Crippen LogP contribution in [0.1, 0.15) is 12.7 Å². The number of rotatable bonds is 5. The van der Waals surface area contributed by atoms with Crippen molar-refractivity contribution in [1.29, 1.82) is 0 Å². The number of carbonyl (C=O) groups excluding carboxylic acids is 1. The molecule has 0 spiro atoms. The molecule has 0 bridgehead atoms. The van der Waals surface area contributed by atoms with Crippen LogP contribution in [0.3, 0.4) is 0 Å². The molecule has 0 unspecified atom stereocenters. The molecule has 0 radical (unpaired) electrons. The van der Waals surface area contributed by atoms with E-state index in [1.807, 2.05) is 6.92 Å². The molecule has 0 atom stereocenters. The number of aliphatic imine (C=N–C) groups is 1. The molecular weight excluding hydrogens is 292 g/mol. The summed E-state index contributed by atoms with van der Waals surface area (Å²) in [6, 6.07) is 3.32. The molecule has 21 heavy (non-hydrogen) atoms. The first-order valence-corrected chi connectivity index (χ1v) is 7.12. The van der Waals surface area contributed by atoms with E-state index in [1.165, 1.54) is 11.3 Å². The predicted molar refractivity (Wildman–Crippen MR) is 81.2 cm³/mol. The molecule has 2 amide bonds. The van der Waals surface area contributed by atoms with Gasteiger partial charge in [-0.2, -0.15) is 4.99 Å². The number of nitrogens with two attached hydrogens (primary N) is 2. The monoisotopic (exact) mass is 308 g/mol. The Morgan fingerprint density at radius 1 is 1.43 bits per heavy atom. The SMILES string of the molecule is CCNC(=O)NCc1ccc(-c2csc(N=C(N)N)n2)o1. The van der Waals surface area contributed by atoms with Gasteiger partial charge in [-0.1, -0.05) is 0 Å². The summed E-state index contributed by atoms with van der Waals surface area (Å²) >= 11 is 1.31. The number of aromatic nitrogens is 1. The van der Waals surface area contributed by atoms with Crippen molar-refractivity contribution in [2.45, 2.75) is 13.5 Å². The van der Waals surface area contributed by atoms with Crippen LogP contribution in [0, 0.1) is 0 Å². The predicted octanol–water partition coefficient (Wildman–Crippen LogP) is 1.13. The van der Waals surface area contributed by atoms with Gasteiger partial charge in [-0.3, -0.25) is 0 Å². The van der Waals surface area contributed by atoms with Gasteiger partial charge in [-0.05, 0) is 19.1 Å². The van der Waals surface area contributed by atoms with Crippen molar-refractivity contribution in [3.63, 3.8) is 0 Å². The van der Waals surface area contributed by atoms with E-state index in [4.69, 9.17) is 15.9 Å². The fourth-order valence-corrected chi connectivity index (χ4v) is 2.24. The normalized spacial score (nSPS) is 10.1. The number of furan rings is 1. The minimum absolute atomic E-state index is 0.0397. The van der Waals surface area contributed by atoms with Crippen molar-refractivity contribution in [2.24, 2.45) is 16.5 Å². The second kappa shape index (κ2) is 6.75. The Hall–Kier alpha value is -2.55. The Bertz CT molecular complexity index is 644. The molecule has 0 saturated carbocycles. The number of thiazole rings is 1. The van der Waals surface area contributed by atoms with E-state index in [2.05, 4.69) is 20.6 Å². The number of urea groups is 1. The summed E-state index contributed by atoms with van der Waals surface area (Å²) in [4.78, 5) is 19.4. The molecule has 0 aliphatic carbocycles.